The first-order valence-electron chi connectivity index (χ1n) is 7.95. The van der Waals surface area contributed by atoms with Crippen LogP contribution in [0.25, 0.3) is 0 Å². The van der Waals surface area contributed by atoms with Crippen LogP contribution in [0.1, 0.15) is 32.1 Å². The highest BCUT2D eigenvalue weighted by molar-refractivity contribution is 5.78. The number of benzene rings is 1. The molecule has 0 aromatic heterocycles. The van der Waals surface area contributed by atoms with E-state index in [4.69, 9.17) is 10.5 Å². The molecule has 1 saturated carbocycles. The minimum Gasteiger partial charge on any atom is -0.494 e. The summed E-state index contributed by atoms with van der Waals surface area (Å²) in [5.74, 6) is 1.88. The molecule has 4 heteroatoms. The highest BCUT2D eigenvalue weighted by Crippen LogP contribution is 2.28. The Morgan fingerprint density at radius 1 is 1.19 bits per heavy atom. The van der Waals surface area contributed by atoms with E-state index < -0.39 is 0 Å². The van der Waals surface area contributed by atoms with Crippen molar-refractivity contribution >= 4 is 5.91 Å². The number of ether oxygens (including phenoxy) is 1. The molecule has 21 heavy (non-hydrogen) atoms. The first kappa shape index (κ1) is 15.8. The normalized spacial score (nSPS) is 21.8. The minimum atomic E-state index is 0.183. The first-order chi connectivity index (χ1) is 10.3. The van der Waals surface area contributed by atoms with Crippen molar-refractivity contribution in [2.45, 2.75) is 32.1 Å². The standard InChI is InChI=1S/C17H26N2O2/c18-13-14-7-9-15(10-8-14)17(20)19-11-4-12-21-16-5-2-1-3-6-16/h1-3,5-6,14-15H,4,7-13,18H2,(H,19,20). The molecule has 4 nitrogen and oxygen atoms in total. The summed E-state index contributed by atoms with van der Waals surface area (Å²) in [7, 11) is 0. The van der Waals surface area contributed by atoms with Crippen LogP contribution >= 0.6 is 0 Å². The smallest absolute Gasteiger partial charge is 0.223 e. The van der Waals surface area contributed by atoms with Crippen molar-refractivity contribution in [2.75, 3.05) is 19.7 Å². The molecule has 116 valence electrons. The number of para-hydroxylation sites is 1. The molecule has 0 spiro atoms. The molecule has 1 aliphatic rings. The molecule has 1 aromatic rings. The fourth-order valence-corrected chi connectivity index (χ4v) is 2.80. The number of nitrogens with two attached hydrogens (primary N) is 1. The molecule has 0 aliphatic heterocycles. The average Bonchev–Trinajstić information content (AvgIpc) is 2.55. The van der Waals surface area contributed by atoms with E-state index in [0.717, 1.165) is 44.4 Å². The Bertz CT molecular complexity index is 414. The van der Waals surface area contributed by atoms with Crippen molar-refractivity contribution in [1.29, 1.82) is 0 Å². The predicted molar refractivity (Wildman–Crippen MR) is 84.1 cm³/mol. The molecular weight excluding hydrogens is 264 g/mol. The van der Waals surface area contributed by atoms with Gasteiger partial charge in [0.2, 0.25) is 5.91 Å². The Morgan fingerprint density at radius 3 is 2.57 bits per heavy atom. The largest absolute Gasteiger partial charge is 0.494 e. The van der Waals surface area contributed by atoms with E-state index in [9.17, 15) is 4.79 Å². The van der Waals surface area contributed by atoms with Crippen LogP contribution < -0.4 is 15.8 Å². The average molecular weight is 290 g/mol. The van der Waals surface area contributed by atoms with Gasteiger partial charge in [0.15, 0.2) is 0 Å². The summed E-state index contributed by atoms with van der Waals surface area (Å²) in [6.07, 6.45) is 4.97. The molecule has 0 heterocycles. The predicted octanol–water partition coefficient (Wildman–Crippen LogP) is 2.34. The van der Waals surface area contributed by atoms with Gasteiger partial charge in [-0.25, -0.2) is 0 Å². The molecule has 2 rings (SSSR count). The SMILES string of the molecule is NCC1CCC(C(=O)NCCCOc2ccccc2)CC1. The van der Waals surface area contributed by atoms with Gasteiger partial charge < -0.3 is 15.8 Å². The van der Waals surface area contributed by atoms with Crippen molar-refractivity contribution in [3.8, 4) is 5.75 Å². The van der Waals surface area contributed by atoms with Crippen molar-refractivity contribution < 1.29 is 9.53 Å². The maximum absolute atomic E-state index is 12.0. The van der Waals surface area contributed by atoms with Crippen LogP contribution in [-0.4, -0.2) is 25.6 Å². The van der Waals surface area contributed by atoms with Crippen LogP contribution in [0.5, 0.6) is 5.75 Å². The Morgan fingerprint density at radius 2 is 1.90 bits per heavy atom. The summed E-state index contributed by atoms with van der Waals surface area (Å²) >= 11 is 0. The van der Waals surface area contributed by atoms with Crippen LogP contribution in [-0.2, 0) is 4.79 Å². The summed E-state index contributed by atoms with van der Waals surface area (Å²) in [4.78, 5) is 12.0. The summed E-state index contributed by atoms with van der Waals surface area (Å²) in [5, 5.41) is 3.02. The Kier molecular flexibility index (Phi) is 6.54. The quantitative estimate of drug-likeness (QED) is 0.758. The van der Waals surface area contributed by atoms with Crippen LogP contribution in [0, 0.1) is 11.8 Å². The van der Waals surface area contributed by atoms with E-state index in [-0.39, 0.29) is 11.8 Å². The van der Waals surface area contributed by atoms with Gasteiger partial charge in [0.05, 0.1) is 6.61 Å². The Hall–Kier alpha value is -1.55. The van der Waals surface area contributed by atoms with Crippen LogP contribution in [0.4, 0.5) is 0 Å². The number of nitrogens with one attached hydrogen (secondary N) is 1. The molecule has 0 atom stereocenters. The van der Waals surface area contributed by atoms with Gasteiger partial charge in [0.25, 0.3) is 0 Å². The van der Waals surface area contributed by atoms with E-state index in [1.54, 1.807) is 0 Å². The van der Waals surface area contributed by atoms with E-state index >= 15 is 0 Å². The summed E-state index contributed by atoms with van der Waals surface area (Å²) in [6, 6.07) is 9.75. The number of hydrogen-bond donors (Lipinski definition) is 2. The number of carbonyl (C=O) groups is 1. The Balaban J connectivity index is 1.55. The van der Waals surface area contributed by atoms with Crippen molar-refractivity contribution in [1.82, 2.24) is 5.32 Å². The van der Waals surface area contributed by atoms with Gasteiger partial charge in [-0.3, -0.25) is 4.79 Å². The van der Waals surface area contributed by atoms with Crippen molar-refractivity contribution in [3.63, 3.8) is 0 Å². The van der Waals surface area contributed by atoms with Crippen LogP contribution in [0.3, 0.4) is 0 Å². The molecule has 0 unspecified atom stereocenters. The minimum absolute atomic E-state index is 0.183. The zero-order valence-corrected chi connectivity index (χ0v) is 12.6. The van der Waals surface area contributed by atoms with Gasteiger partial charge in [0, 0.05) is 12.5 Å². The molecule has 1 fully saturated rings. The van der Waals surface area contributed by atoms with Crippen LogP contribution in [0.15, 0.2) is 30.3 Å². The molecule has 0 saturated heterocycles. The molecular formula is C17H26N2O2. The van der Waals surface area contributed by atoms with E-state index in [0.29, 0.717) is 19.1 Å². The lowest BCUT2D eigenvalue weighted by Crippen LogP contribution is -2.35. The van der Waals surface area contributed by atoms with Gasteiger partial charge in [-0.1, -0.05) is 18.2 Å². The molecule has 1 amide bonds. The van der Waals surface area contributed by atoms with Crippen molar-refractivity contribution in [2.24, 2.45) is 17.6 Å². The zero-order chi connectivity index (χ0) is 14.9. The summed E-state index contributed by atoms with van der Waals surface area (Å²) < 4.78 is 5.60. The molecule has 3 N–H and O–H groups in total. The van der Waals surface area contributed by atoms with Gasteiger partial charge in [-0.2, -0.15) is 0 Å². The first-order valence-corrected chi connectivity index (χ1v) is 7.95. The maximum atomic E-state index is 12.0. The van der Waals surface area contributed by atoms with E-state index in [1.807, 2.05) is 30.3 Å². The fourth-order valence-electron chi connectivity index (χ4n) is 2.80. The molecule has 1 aliphatic carbocycles. The number of rotatable bonds is 7. The molecule has 0 bridgehead atoms. The summed E-state index contributed by atoms with van der Waals surface area (Å²) in [5.41, 5.74) is 5.67. The third-order valence-electron chi connectivity index (χ3n) is 4.18. The van der Waals surface area contributed by atoms with E-state index in [1.165, 1.54) is 0 Å². The summed E-state index contributed by atoms with van der Waals surface area (Å²) in [6.45, 7) is 2.07. The van der Waals surface area contributed by atoms with Gasteiger partial charge in [0.1, 0.15) is 5.75 Å². The Labute approximate surface area is 127 Å². The second-order valence-electron chi connectivity index (χ2n) is 5.76. The lowest BCUT2D eigenvalue weighted by atomic mass is 9.81. The third-order valence-corrected chi connectivity index (χ3v) is 4.18. The maximum Gasteiger partial charge on any atom is 0.223 e. The number of hydrogen-bond acceptors (Lipinski definition) is 3. The lowest BCUT2D eigenvalue weighted by Gasteiger charge is -2.26. The van der Waals surface area contributed by atoms with Gasteiger partial charge in [-0.15, -0.1) is 0 Å². The number of carbonyl (C=O) groups excluding carboxylic acids is 1. The highest BCUT2D eigenvalue weighted by Gasteiger charge is 2.25. The number of amides is 1. The fraction of sp³-hybridized carbons (Fsp3) is 0.588. The van der Waals surface area contributed by atoms with Crippen LogP contribution in [0.2, 0.25) is 0 Å². The molecule has 1 aromatic carbocycles. The zero-order valence-electron chi connectivity index (χ0n) is 12.6. The monoisotopic (exact) mass is 290 g/mol. The van der Waals surface area contributed by atoms with Crippen molar-refractivity contribution in [3.05, 3.63) is 30.3 Å². The van der Waals surface area contributed by atoms with E-state index in [2.05, 4.69) is 5.32 Å². The topological polar surface area (TPSA) is 64.4 Å². The molecule has 0 radical (unpaired) electrons. The van der Waals surface area contributed by atoms with Gasteiger partial charge in [-0.05, 0) is 56.7 Å². The van der Waals surface area contributed by atoms with Gasteiger partial charge >= 0.3 is 0 Å². The highest BCUT2D eigenvalue weighted by atomic mass is 16.5. The third kappa shape index (κ3) is 5.38. The second-order valence-corrected chi connectivity index (χ2v) is 5.76. The lowest BCUT2D eigenvalue weighted by molar-refractivity contribution is -0.126. The second kappa shape index (κ2) is 8.67.